The predicted octanol–water partition coefficient (Wildman–Crippen LogP) is 3.43. The van der Waals surface area contributed by atoms with Crippen LogP contribution in [0.25, 0.3) is 11.3 Å². The van der Waals surface area contributed by atoms with Gasteiger partial charge < -0.3 is 4.74 Å². The standard InChI is InChI=1S/C13H10Cl2F3N3O3/c1-21-12(24-13(17)18)9(15)10(19-21)6-3-5(11(22)20-23-2)7(14)4-8(6)16/h3-4,13H,1-2H3,(H,20,22). The van der Waals surface area contributed by atoms with Gasteiger partial charge in [-0.15, -0.1) is 0 Å². The quantitative estimate of drug-likeness (QED) is 0.803. The van der Waals surface area contributed by atoms with Crippen LogP contribution in [-0.4, -0.2) is 29.4 Å². The van der Waals surface area contributed by atoms with Gasteiger partial charge in [0.05, 0.1) is 17.7 Å². The van der Waals surface area contributed by atoms with Crippen molar-refractivity contribution in [2.45, 2.75) is 6.61 Å². The Morgan fingerprint density at radius 2 is 2.04 bits per heavy atom. The van der Waals surface area contributed by atoms with Crippen LogP contribution in [0.3, 0.4) is 0 Å². The Labute approximate surface area is 144 Å². The van der Waals surface area contributed by atoms with Gasteiger partial charge in [-0.25, -0.2) is 14.6 Å². The number of carbonyl (C=O) groups is 1. The van der Waals surface area contributed by atoms with E-state index in [1.165, 1.54) is 14.2 Å². The third-order valence-electron chi connectivity index (χ3n) is 2.89. The summed E-state index contributed by atoms with van der Waals surface area (Å²) in [6.45, 7) is -3.14. The van der Waals surface area contributed by atoms with Crippen LogP contribution in [0.1, 0.15) is 10.4 Å². The molecule has 0 fully saturated rings. The van der Waals surface area contributed by atoms with Crippen molar-refractivity contribution < 1.29 is 27.5 Å². The van der Waals surface area contributed by atoms with E-state index in [-0.39, 0.29) is 26.9 Å². The van der Waals surface area contributed by atoms with Gasteiger partial charge in [-0.2, -0.15) is 13.9 Å². The number of aromatic nitrogens is 2. The predicted molar refractivity (Wildman–Crippen MR) is 79.7 cm³/mol. The molecule has 1 heterocycles. The van der Waals surface area contributed by atoms with Crippen molar-refractivity contribution in [2.24, 2.45) is 7.05 Å². The Morgan fingerprint density at radius 1 is 1.38 bits per heavy atom. The molecule has 1 amide bonds. The molecule has 2 rings (SSSR count). The first kappa shape index (κ1) is 18.4. The zero-order valence-corrected chi connectivity index (χ0v) is 13.8. The summed E-state index contributed by atoms with van der Waals surface area (Å²) in [5, 5.41) is 3.34. The average Bonchev–Trinajstić information content (AvgIpc) is 2.75. The lowest BCUT2D eigenvalue weighted by Gasteiger charge is -2.08. The van der Waals surface area contributed by atoms with E-state index in [2.05, 4.69) is 14.7 Å². The van der Waals surface area contributed by atoms with Crippen molar-refractivity contribution in [2.75, 3.05) is 7.11 Å². The monoisotopic (exact) mass is 383 g/mol. The van der Waals surface area contributed by atoms with Gasteiger partial charge in [-0.1, -0.05) is 23.2 Å². The second-order valence-corrected chi connectivity index (χ2v) is 5.20. The van der Waals surface area contributed by atoms with Gasteiger partial charge in [0.1, 0.15) is 16.5 Å². The summed E-state index contributed by atoms with van der Waals surface area (Å²) in [6.07, 6.45) is 0. The van der Waals surface area contributed by atoms with Crippen LogP contribution in [0, 0.1) is 5.82 Å². The molecule has 0 spiro atoms. The smallest absolute Gasteiger partial charge is 0.388 e. The van der Waals surface area contributed by atoms with Crippen LogP contribution in [0.5, 0.6) is 5.88 Å². The molecule has 6 nitrogen and oxygen atoms in total. The first-order valence-corrected chi connectivity index (χ1v) is 7.01. The molecule has 0 aliphatic heterocycles. The molecule has 1 aromatic carbocycles. The minimum atomic E-state index is -3.14. The number of carbonyl (C=O) groups excluding carboxylic acids is 1. The maximum absolute atomic E-state index is 14.2. The molecule has 0 bridgehead atoms. The molecule has 0 aliphatic carbocycles. The number of hydrogen-bond acceptors (Lipinski definition) is 4. The highest BCUT2D eigenvalue weighted by atomic mass is 35.5. The minimum Gasteiger partial charge on any atom is -0.416 e. The molecule has 0 unspecified atom stereocenters. The van der Waals surface area contributed by atoms with Crippen molar-refractivity contribution in [3.05, 3.63) is 33.6 Å². The first-order chi connectivity index (χ1) is 11.3. The number of ether oxygens (including phenoxy) is 1. The summed E-state index contributed by atoms with van der Waals surface area (Å²) in [7, 11) is 2.50. The van der Waals surface area contributed by atoms with E-state index in [1.807, 2.05) is 5.48 Å². The number of rotatable bonds is 5. The molecule has 24 heavy (non-hydrogen) atoms. The third-order valence-corrected chi connectivity index (χ3v) is 3.54. The van der Waals surface area contributed by atoms with Crippen molar-refractivity contribution in [3.63, 3.8) is 0 Å². The summed E-state index contributed by atoms with van der Waals surface area (Å²) < 4.78 is 44.2. The summed E-state index contributed by atoms with van der Waals surface area (Å²) >= 11 is 11.8. The van der Waals surface area contributed by atoms with Gasteiger partial charge in [-0.05, 0) is 12.1 Å². The Balaban J connectivity index is 2.57. The first-order valence-electron chi connectivity index (χ1n) is 6.26. The molecule has 0 saturated heterocycles. The van der Waals surface area contributed by atoms with Gasteiger partial charge in [0.2, 0.25) is 5.88 Å². The van der Waals surface area contributed by atoms with Gasteiger partial charge in [-0.3, -0.25) is 9.63 Å². The second-order valence-electron chi connectivity index (χ2n) is 4.42. The molecular weight excluding hydrogens is 374 g/mol. The normalized spacial score (nSPS) is 11.0. The molecule has 1 aromatic heterocycles. The molecule has 0 aliphatic rings. The maximum Gasteiger partial charge on any atom is 0.388 e. The zero-order valence-electron chi connectivity index (χ0n) is 12.2. The number of hydroxylamine groups is 1. The summed E-state index contributed by atoms with van der Waals surface area (Å²) in [6, 6.07) is 1.95. The van der Waals surface area contributed by atoms with E-state index in [0.29, 0.717) is 0 Å². The fourth-order valence-corrected chi connectivity index (χ4v) is 2.46. The summed E-state index contributed by atoms with van der Waals surface area (Å²) in [5.41, 5.74) is 1.51. The number of aryl methyl sites for hydroxylation is 1. The highest BCUT2D eigenvalue weighted by molar-refractivity contribution is 6.35. The van der Waals surface area contributed by atoms with Gasteiger partial charge in [0.25, 0.3) is 5.91 Å². The van der Waals surface area contributed by atoms with Gasteiger partial charge >= 0.3 is 6.61 Å². The number of amides is 1. The van der Waals surface area contributed by atoms with Crippen LogP contribution >= 0.6 is 23.2 Å². The van der Waals surface area contributed by atoms with E-state index in [9.17, 15) is 18.0 Å². The number of nitrogens with zero attached hydrogens (tertiary/aromatic N) is 2. The zero-order chi connectivity index (χ0) is 18.0. The Hall–Kier alpha value is -1.97. The van der Waals surface area contributed by atoms with E-state index in [1.54, 1.807) is 0 Å². The molecule has 2 aromatic rings. The van der Waals surface area contributed by atoms with Crippen molar-refractivity contribution in [3.8, 4) is 17.1 Å². The SMILES string of the molecule is CONC(=O)c1cc(-c2nn(C)c(OC(F)F)c2Cl)c(F)cc1Cl. The Kier molecular flexibility index (Phi) is 5.58. The molecule has 0 atom stereocenters. The molecule has 0 saturated carbocycles. The average molecular weight is 384 g/mol. The van der Waals surface area contributed by atoms with Crippen LogP contribution in [-0.2, 0) is 11.9 Å². The third kappa shape index (κ3) is 3.58. The largest absolute Gasteiger partial charge is 0.416 e. The molecule has 130 valence electrons. The van der Waals surface area contributed by atoms with E-state index in [0.717, 1.165) is 16.8 Å². The second kappa shape index (κ2) is 7.29. The van der Waals surface area contributed by atoms with Crippen LogP contribution < -0.4 is 10.2 Å². The van der Waals surface area contributed by atoms with Crippen LogP contribution in [0.4, 0.5) is 13.2 Å². The summed E-state index contributed by atoms with van der Waals surface area (Å²) in [5.74, 6) is -2.03. The van der Waals surface area contributed by atoms with Gasteiger partial charge in [0.15, 0.2) is 0 Å². The number of halogens is 5. The molecular formula is C13H10Cl2F3N3O3. The Bertz CT molecular complexity index is 784. The minimum absolute atomic E-state index is 0.118. The lowest BCUT2D eigenvalue weighted by Crippen LogP contribution is -2.22. The van der Waals surface area contributed by atoms with E-state index >= 15 is 0 Å². The van der Waals surface area contributed by atoms with E-state index < -0.39 is 24.2 Å². The number of hydrogen-bond donors (Lipinski definition) is 1. The molecule has 0 radical (unpaired) electrons. The highest BCUT2D eigenvalue weighted by Gasteiger charge is 2.24. The summed E-state index contributed by atoms with van der Waals surface area (Å²) in [4.78, 5) is 16.3. The number of benzene rings is 1. The van der Waals surface area contributed by atoms with Crippen molar-refractivity contribution >= 4 is 29.1 Å². The fraction of sp³-hybridized carbons (Fsp3) is 0.231. The number of nitrogens with one attached hydrogen (secondary N) is 1. The lowest BCUT2D eigenvalue weighted by molar-refractivity contribution is -0.0552. The maximum atomic E-state index is 14.2. The lowest BCUT2D eigenvalue weighted by atomic mass is 10.1. The highest BCUT2D eigenvalue weighted by Crippen LogP contribution is 2.38. The fourth-order valence-electron chi connectivity index (χ4n) is 1.92. The molecule has 11 heteroatoms. The van der Waals surface area contributed by atoms with E-state index in [4.69, 9.17) is 23.2 Å². The topological polar surface area (TPSA) is 65.4 Å². The van der Waals surface area contributed by atoms with Gasteiger partial charge in [0, 0.05) is 12.6 Å². The molecule has 1 N–H and O–H groups in total. The number of alkyl halides is 2. The van der Waals surface area contributed by atoms with Crippen molar-refractivity contribution in [1.82, 2.24) is 15.3 Å². The van der Waals surface area contributed by atoms with Crippen LogP contribution in [0.15, 0.2) is 12.1 Å². The Morgan fingerprint density at radius 3 is 2.62 bits per heavy atom. The van der Waals surface area contributed by atoms with Crippen molar-refractivity contribution in [1.29, 1.82) is 0 Å². The van der Waals surface area contributed by atoms with Crippen LogP contribution in [0.2, 0.25) is 10.0 Å².